The Hall–Kier alpha value is -1.76. The third-order valence-corrected chi connectivity index (χ3v) is 3.82. The van der Waals surface area contributed by atoms with Gasteiger partial charge >= 0.3 is 12.0 Å². The standard InChI is InChI=1S/C13H15BrN2O4/c1-20-11-5-4-8(7-9(11)14)15-13(19)16-6-2-3-10(16)12(17)18/h4-5,7,10H,2-3,6H2,1H3,(H,15,19)(H,17,18). The van der Waals surface area contributed by atoms with Crippen LogP contribution >= 0.6 is 15.9 Å². The van der Waals surface area contributed by atoms with E-state index in [1.165, 1.54) is 4.90 Å². The number of methoxy groups -OCH3 is 1. The molecule has 1 fully saturated rings. The molecule has 1 saturated heterocycles. The largest absolute Gasteiger partial charge is 0.496 e. The second-order valence-electron chi connectivity index (χ2n) is 4.47. The number of aliphatic carboxylic acids is 1. The van der Waals surface area contributed by atoms with Gasteiger partial charge in [0.2, 0.25) is 0 Å². The molecule has 1 aromatic carbocycles. The lowest BCUT2D eigenvalue weighted by Gasteiger charge is -2.22. The lowest BCUT2D eigenvalue weighted by molar-refractivity contribution is -0.141. The highest BCUT2D eigenvalue weighted by Gasteiger charge is 2.33. The maximum atomic E-state index is 12.1. The van der Waals surface area contributed by atoms with E-state index in [9.17, 15) is 9.59 Å². The average molecular weight is 343 g/mol. The molecule has 1 aliphatic heterocycles. The van der Waals surface area contributed by atoms with Crippen molar-refractivity contribution >= 4 is 33.6 Å². The quantitative estimate of drug-likeness (QED) is 0.884. The molecule has 2 rings (SSSR count). The smallest absolute Gasteiger partial charge is 0.326 e. The molecule has 2 amide bonds. The molecular weight excluding hydrogens is 328 g/mol. The van der Waals surface area contributed by atoms with E-state index in [0.717, 1.165) is 0 Å². The van der Waals surface area contributed by atoms with Crippen LogP contribution in [0.3, 0.4) is 0 Å². The average Bonchev–Trinajstić information content (AvgIpc) is 2.88. The fourth-order valence-electron chi connectivity index (χ4n) is 2.21. The third kappa shape index (κ3) is 3.04. The molecule has 1 aromatic rings. The van der Waals surface area contributed by atoms with Crippen molar-refractivity contribution in [2.75, 3.05) is 19.0 Å². The molecule has 6 nitrogen and oxygen atoms in total. The maximum Gasteiger partial charge on any atom is 0.326 e. The van der Waals surface area contributed by atoms with Crippen LogP contribution in [0.1, 0.15) is 12.8 Å². The first-order chi connectivity index (χ1) is 9.52. The van der Waals surface area contributed by atoms with Crippen molar-refractivity contribution in [1.29, 1.82) is 0 Å². The van der Waals surface area contributed by atoms with E-state index in [-0.39, 0.29) is 0 Å². The van der Waals surface area contributed by atoms with Crippen LogP contribution < -0.4 is 10.1 Å². The summed E-state index contributed by atoms with van der Waals surface area (Å²) < 4.78 is 5.82. The maximum absolute atomic E-state index is 12.1. The molecule has 1 atom stereocenters. The minimum atomic E-state index is -0.964. The molecule has 0 aliphatic carbocycles. The van der Waals surface area contributed by atoms with E-state index < -0.39 is 18.0 Å². The summed E-state index contributed by atoms with van der Waals surface area (Å²) >= 11 is 3.33. The topological polar surface area (TPSA) is 78.9 Å². The van der Waals surface area contributed by atoms with Crippen LogP contribution in [0, 0.1) is 0 Å². The normalized spacial score (nSPS) is 17.9. The molecule has 1 unspecified atom stereocenters. The Balaban J connectivity index is 2.08. The summed E-state index contributed by atoms with van der Waals surface area (Å²) in [4.78, 5) is 24.5. The van der Waals surface area contributed by atoms with Gasteiger partial charge in [0.15, 0.2) is 0 Å². The van der Waals surface area contributed by atoms with Crippen LogP contribution in [0.5, 0.6) is 5.75 Å². The van der Waals surface area contributed by atoms with Gasteiger partial charge in [-0.2, -0.15) is 0 Å². The first-order valence-corrected chi connectivity index (χ1v) is 6.96. The Morgan fingerprint density at radius 2 is 2.25 bits per heavy atom. The van der Waals surface area contributed by atoms with Crippen molar-refractivity contribution in [1.82, 2.24) is 4.90 Å². The Morgan fingerprint density at radius 3 is 2.85 bits per heavy atom. The first-order valence-electron chi connectivity index (χ1n) is 6.17. The highest BCUT2D eigenvalue weighted by atomic mass is 79.9. The Kier molecular flexibility index (Phi) is 4.49. The second kappa shape index (κ2) is 6.13. The van der Waals surface area contributed by atoms with Gasteiger partial charge in [0.1, 0.15) is 11.8 Å². The first kappa shape index (κ1) is 14.6. The predicted octanol–water partition coefficient (Wildman–Crippen LogP) is 2.54. The van der Waals surface area contributed by atoms with Crippen molar-refractivity contribution < 1.29 is 19.4 Å². The van der Waals surface area contributed by atoms with Gasteiger partial charge in [-0.05, 0) is 47.0 Å². The highest BCUT2D eigenvalue weighted by molar-refractivity contribution is 9.10. The molecule has 0 saturated carbocycles. The van der Waals surface area contributed by atoms with E-state index in [1.54, 1.807) is 25.3 Å². The van der Waals surface area contributed by atoms with Crippen molar-refractivity contribution in [3.63, 3.8) is 0 Å². The van der Waals surface area contributed by atoms with Crippen molar-refractivity contribution in [2.24, 2.45) is 0 Å². The summed E-state index contributed by atoms with van der Waals surface area (Å²) in [6.45, 7) is 0.458. The number of hydrogen-bond acceptors (Lipinski definition) is 3. The zero-order valence-electron chi connectivity index (χ0n) is 10.9. The number of urea groups is 1. The van der Waals surface area contributed by atoms with Crippen LogP contribution in [0.25, 0.3) is 0 Å². The minimum absolute atomic E-state index is 0.396. The summed E-state index contributed by atoms with van der Waals surface area (Å²) in [5.74, 6) is -0.304. The summed E-state index contributed by atoms with van der Waals surface area (Å²) in [5.41, 5.74) is 0.582. The van der Waals surface area contributed by atoms with Crippen molar-refractivity contribution in [2.45, 2.75) is 18.9 Å². The van der Waals surface area contributed by atoms with Crippen LogP contribution in [-0.2, 0) is 4.79 Å². The number of benzene rings is 1. The Labute approximate surface area is 124 Å². The van der Waals surface area contributed by atoms with Gasteiger partial charge in [-0.1, -0.05) is 0 Å². The lowest BCUT2D eigenvalue weighted by Crippen LogP contribution is -2.42. The van der Waals surface area contributed by atoms with Gasteiger partial charge in [0.05, 0.1) is 11.6 Å². The number of hydrogen-bond donors (Lipinski definition) is 2. The van der Waals surface area contributed by atoms with Crippen LogP contribution in [-0.4, -0.2) is 41.7 Å². The Morgan fingerprint density at radius 1 is 1.50 bits per heavy atom. The van der Waals surface area contributed by atoms with E-state index in [1.807, 2.05) is 0 Å². The number of carbonyl (C=O) groups excluding carboxylic acids is 1. The summed E-state index contributed by atoms with van der Waals surface area (Å²) in [6, 6.07) is 4.00. The minimum Gasteiger partial charge on any atom is -0.496 e. The number of nitrogens with one attached hydrogen (secondary N) is 1. The molecule has 0 radical (unpaired) electrons. The molecule has 108 valence electrons. The van der Waals surface area contributed by atoms with Crippen LogP contribution in [0.4, 0.5) is 10.5 Å². The van der Waals surface area contributed by atoms with Crippen molar-refractivity contribution in [3.8, 4) is 5.75 Å². The molecule has 1 heterocycles. The zero-order chi connectivity index (χ0) is 14.7. The number of likely N-dealkylation sites (tertiary alicyclic amines) is 1. The second-order valence-corrected chi connectivity index (χ2v) is 5.32. The summed E-state index contributed by atoms with van der Waals surface area (Å²) in [7, 11) is 1.56. The molecule has 0 aromatic heterocycles. The highest BCUT2D eigenvalue weighted by Crippen LogP contribution is 2.28. The fraction of sp³-hybridized carbons (Fsp3) is 0.385. The van der Waals surface area contributed by atoms with E-state index >= 15 is 0 Å². The number of anilines is 1. The molecule has 20 heavy (non-hydrogen) atoms. The monoisotopic (exact) mass is 342 g/mol. The van der Waals surface area contributed by atoms with Gasteiger partial charge in [-0.25, -0.2) is 9.59 Å². The van der Waals surface area contributed by atoms with E-state index in [4.69, 9.17) is 9.84 Å². The van der Waals surface area contributed by atoms with Crippen molar-refractivity contribution in [3.05, 3.63) is 22.7 Å². The number of ether oxygens (including phenoxy) is 1. The van der Waals surface area contributed by atoms with Crippen LogP contribution in [0.15, 0.2) is 22.7 Å². The number of carboxylic acid groups (broad SMARTS) is 1. The van der Waals surface area contributed by atoms with Crippen LogP contribution in [0.2, 0.25) is 0 Å². The number of carboxylic acids is 1. The third-order valence-electron chi connectivity index (χ3n) is 3.20. The number of carbonyl (C=O) groups is 2. The van der Waals surface area contributed by atoms with E-state index in [2.05, 4.69) is 21.2 Å². The van der Waals surface area contributed by atoms with Gasteiger partial charge < -0.3 is 20.1 Å². The summed E-state index contributed by atoms with van der Waals surface area (Å²) in [6.07, 6.45) is 1.20. The summed E-state index contributed by atoms with van der Waals surface area (Å²) in [5, 5.41) is 11.8. The SMILES string of the molecule is COc1ccc(NC(=O)N2CCCC2C(=O)O)cc1Br. The molecule has 2 N–H and O–H groups in total. The lowest BCUT2D eigenvalue weighted by atomic mass is 10.2. The fourth-order valence-corrected chi connectivity index (χ4v) is 2.75. The van der Waals surface area contributed by atoms with Gasteiger partial charge in [0.25, 0.3) is 0 Å². The molecule has 0 bridgehead atoms. The predicted molar refractivity (Wildman–Crippen MR) is 77.1 cm³/mol. The molecule has 1 aliphatic rings. The zero-order valence-corrected chi connectivity index (χ0v) is 12.5. The molecule has 0 spiro atoms. The number of rotatable bonds is 3. The number of nitrogens with zero attached hydrogens (tertiary/aromatic N) is 1. The van der Waals surface area contributed by atoms with E-state index in [0.29, 0.717) is 35.3 Å². The van der Waals surface area contributed by atoms with Gasteiger partial charge in [-0.15, -0.1) is 0 Å². The number of halogens is 1. The van der Waals surface area contributed by atoms with Gasteiger partial charge in [0, 0.05) is 12.2 Å². The molecule has 7 heteroatoms. The van der Waals surface area contributed by atoms with Gasteiger partial charge in [-0.3, -0.25) is 0 Å². The molecular formula is C13H15BrN2O4. The number of amides is 2. The Bertz CT molecular complexity index is 535.